The third kappa shape index (κ3) is 2.77. The molecule has 1 aromatic carbocycles. The molecule has 2 aliphatic heterocycles. The Bertz CT molecular complexity index is 1230. The zero-order chi connectivity index (χ0) is 21.4. The van der Waals surface area contributed by atoms with Crippen LogP contribution in [0.3, 0.4) is 0 Å². The van der Waals surface area contributed by atoms with E-state index >= 15 is 0 Å². The molecule has 2 saturated carbocycles. The van der Waals surface area contributed by atoms with Gasteiger partial charge in [0.05, 0.1) is 21.7 Å². The van der Waals surface area contributed by atoms with Crippen molar-refractivity contribution in [2.75, 3.05) is 11.9 Å². The SMILES string of the molecule is O=C(CN1C(=O)[C@@H]2[C@H]3C[C@@H](C4=Cc5sc(=O)[nH]c5S[C@H]43)[C@H]2C1=O)Nc1ccc(F)cc1. The topological polar surface area (TPSA) is 99.3 Å². The van der Waals surface area contributed by atoms with Crippen LogP contribution >= 0.6 is 23.1 Å². The zero-order valence-electron chi connectivity index (χ0n) is 16.0. The van der Waals surface area contributed by atoms with E-state index in [0.717, 1.165) is 38.1 Å². The molecule has 2 N–H and O–H groups in total. The van der Waals surface area contributed by atoms with Crippen LogP contribution in [0, 0.1) is 29.5 Å². The van der Waals surface area contributed by atoms with Gasteiger partial charge in [0.15, 0.2) is 0 Å². The first kappa shape index (κ1) is 19.0. The van der Waals surface area contributed by atoms with Gasteiger partial charge < -0.3 is 10.3 Å². The van der Waals surface area contributed by atoms with Crippen LogP contribution in [-0.4, -0.2) is 39.4 Å². The summed E-state index contributed by atoms with van der Waals surface area (Å²) >= 11 is 2.73. The van der Waals surface area contributed by atoms with Crippen LogP contribution < -0.4 is 10.2 Å². The Balaban J connectivity index is 1.23. The number of carbonyl (C=O) groups is 3. The van der Waals surface area contributed by atoms with Gasteiger partial charge in [0.25, 0.3) is 0 Å². The summed E-state index contributed by atoms with van der Waals surface area (Å²) in [5.74, 6) is -2.36. The van der Waals surface area contributed by atoms with E-state index in [2.05, 4.69) is 10.3 Å². The standard InChI is InChI=1S/C21H16FN3O4S2/c22-8-1-3-9(4-2-8)23-14(26)7-25-19(27)15-10-5-12(16(15)20(25)28)17-11(10)6-13-18(31-17)24-21(29)30-13/h1-4,6,10,12,15-17H,5,7H2,(H,23,26)(H,24,29)/t10-,12+,15+,16+,17+/m0/s1. The lowest BCUT2D eigenvalue weighted by molar-refractivity contribution is -0.143. The Morgan fingerprint density at radius 3 is 2.68 bits per heavy atom. The molecule has 3 amide bonds. The van der Waals surface area contributed by atoms with Gasteiger partial charge in [-0.2, -0.15) is 0 Å². The van der Waals surface area contributed by atoms with Crippen LogP contribution in [0.5, 0.6) is 0 Å². The summed E-state index contributed by atoms with van der Waals surface area (Å²) in [4.78, 5) is 55.1. The molecule has 158 valence electrons. The minimum atomic E-state index is -0.494. The fourth-order valence-corrected chi connectivity index (χ4v) is 7.95. The van der Waals surface area contributed by atoms with Gasteiger partial charge in [0.1, 0.15) is 12.4 Å². The van der Waals surface area contributed by atoms with Gasteiger partial charge in [-0.05, 0) is 48.6 Å². The van der Waals surface area contributed by atoms with Crippen molar-refractivity contribution in [3.63, 3.8) is 0 Å². The minimum absolute atomic E-state index is 0.0180. The van der Waals surface area contributed by atoms with Gasteiger partial charge in [-0.15, -0.1) is 0 Å². The number of imide groups is 1. The monoisotopic (exact) mass is 457 g/mol. The number of rotatable bonds is 3. The number of anilines is 1. The Hall–Kier alpha value is -2.72. The van der Waals surface area contributed by atoms with Crippen LogP contribution in [-0.2, 0) is 14.4 Å². The number of amides is 3. The summed E-state index contributed by atoms with van der Waals surface area (Å²) in [6, 6.07) is 5.30. The molecule has 1 aromatic heterocycles. The number of likely N-dealkylation sites (tertiary alicyclic amines) is 1. The predicted octanol–water partition coefficient (Wildman–Crippen LogP) is 2.32. The lowest BCUT2D eigenvalue weighted by Gasteiger charge is -2.32. The number of carbonyl (C=O) groups excluding carboxylic acids is 3. The highest BCUT2D eigenvalue weighted by Gasteiger charge is 2.66. The summed E-state index contributed by atoms with van der Waals surface area (Å²) in [6.07, 6.45) is 2.80. The summed E-state index contributed by atoms with van der Waals surface area (Å²) < 4.78 is 13.0. The van der Waals surface area contributed by atoms with Crippen molar-refractivity contribution < 1.29 is 18.8 Å². The first-order valence-corrected chi connectivity index (χ1v) is 11.6. The second-order valence-electron chi connectivity index (χ2n) is 8.27. The number of aromatic amines is 1. The van der Waals surface area contributed by atoms with Crippen LogP contribution in [0.25, 0.3) is 6.08 Å². The molecule has 2 aliphatic carbocycles. The Morgan fingerprint density at radius 2 is 1.90 bits per heavy atom. The Morgan fingerprint density at radius 1 is 1.16 bits per heavy atom. The van der Waals surface area contributed by atoms with Crippen molar-refractivity contribution in [3.05, 3.63) is 50.2 Å². The highest BCUT2D eigenvalue weighted by atomic mass is 32.2. The molecule has 1 saturated heterocycles. The van der Waals surface area contributed by atoms with Gasteiger partial charge in [-0.3, -0.25) is 24.1 Å². The maximum Gasteiger partial charge on any atom is 0.305 e. The van der Waals surface area contributed by atoms with Gasteiger partial charge in [0, 0.05) is 10.9 Å². The number of hydrogen-bond acceptors (Lipinski definition) is 6. The maximum atomic E-state index is 13.1. The van der Waals surface area contributed by atoms with Crippen LogP contribution in [0.15, 0.2) is 39.7 Å². The number of halogens is 1. The van der Waals surface area contributed by atoms with Crippen molar-refractivity contribution in [1.29, 1.82) is 0 Å². The van der Waals surface area contributed by atoms with E-state index in [1.165, 1.54) is 24.3 Å². The highest BCUT2D eigenvalue weighted by molar-refractivity contribution is 8.00. The smallest absolute Gasteiger partial charge is 0.305 e. The second-order valence-corrected chi connectivity index (χ2v) is 10.4. The van der Waals surface area contributed by atoms with Crippen molar-refractivity contribution >= 4 is 52.6 Å². The molecule has 31 heavy (non-hydrogen) atoms. The molecular formula is C21H16FN3O4S2. The van der Waals surface area contributed by atoms with E-state index in [1.54, 1.807) is 11.8 Å². The van der Waals surface area contributed by atoms with Crippen molar-refractivity contribution in [3.8, 4) is 0 Å². The summed E-state index contributed by atoms with van der Waals surface area (Å²) in [5.41, 5.74) is 1.54. The molecule has 0 unspecified atom stereocenters. The largest absolute Gasteiger partial charge is 0.325 e. The van der Waals surface area contributed by atoms with E-state index < -0.39 is 23.6 Å². The Kier molecular flexibility index (Phi) is 4.07. The molecule has 10 heteroatoms. The van der Waals surface area contributed by atoms with E-state index in [4.69, 9.17) is 0 Å². The van der Waals surface area contributed by atoms with E-state index in [9.17, 15) is 23.6 Å². The predicted molar refractivity (Wildman–Crippen MR) is 113 cm³/mol. The third-order valence-corrected chi connectivity index (χ3v) is 9.06. The summed E-state index contributed by atoms with van der Waals surface area (Å²) in [5, 5.41) is 3.52. The van der Waals surface area contributed by atoms with Crippen molar-refractivity contribution in [1.82, 2.24) is 9.88 Å². The number of nitrogens with zero attached hydrogens (tertiary/aromatic N) is 1. The number of thiazole rings is 1. The molecule has 2 bridgehead atoms. The minimum Gasteiger partial charge on any atom is -0.325 e. The number of benzene rings is 1. The lowest BCUT2D eigenvalue weighted by atomic mass is 9.77. The van der Waals surface area contributed by atoms with Crippen LogP contribution in [0.1, 0.15) is 11.3 Å². The molecule has 3 fully saturated rings. The van der Waals surface area contributed by atoms with Crippen LogP contribution in [0.4, 0.5) is 10.1 Å². The average molecular weight is 458 g/mol. The molecule has 3 heterocycles. The molecule has 6 rings (SSSR count). The maximum absolute atomic E-state index is 13.1. The van der Waals surface area contributed by atoms with Crippen molar-refractivity contribution in [2.45, 2.75) is 16.7 Å². The molecule has 7 nitrogen and oxygen atoms in total. The normalized spacial score (nSPS) is 30.2. The number of nitrogens with one attached hydrogen (secondary N) is 2. The van der Waals surface area contributed by atoms with Crippen LogP contribution in [0.2, 0.25) is 0 Å². The second kappa shape index (κ2) is 6.64. The van der Waals surface area contributed by atoms with E-state index in [0.29, 0.717) is 5.69 Å². The van der Waals surface area contributed by atoms with E-state index in [1.807, 2.05) is 6.08 Å². The quantitative estimate of drug-likeness (QED) is 0.690. The highest BCUT2D eigenvalue weighted by Crippen LogP contribution is 2.64. The first-order chi connectivity index (χ1) is 14.9. The van der Waals surface area contributed by atoms with Gasteiger partial charge in [-0.1, -0.05) is 28.7 Å². The van der Waals surface area contributed by atoms with Crippen molar-refractivity contribution in [2.24, 2.45) is 23.7 Å². The third-order valence-electron chi connectivity index (χ3n) is 6.67. The Labute approximate surface area is 183 Å². The summed E-state index contributed by atoms with van der Waals surface area (Å²) in [6.45, 7) is -0.348. The summed E-state index contributed by atoms with van der Waals surface area (Å²) in [7, 11) is 0. The lowest BCUT2D eigenvalue weighted by Crippen LogP contribution is -2.39. The fourth-order valence-electron chi connectivity index (χ4n) is 5.51. The number of hydrogen-bond donors (Lipinski definition) is 2. The van der Waals surface area contributed by atoms with Gasteiger partial charge >= 0.3 is 4.87 Å². The molecule has 5 atom stereocenters. The van der Waals surface area contributed by atoms with Gasteiger partial charge in [0.2, 0.25) is 17.7 Å². The molecule has 0 spiro atoms. The number of aromatic nitrogens is 1. The molecule has 2 aromatic rings. The number of thioether (sulfide) groups is 1. The molecule has 0 radical (unpaired) electrons. The zero-order valence-corrected chi connectivity index (χ0v) is 17.6. The van der Waals surface area contributed by atoms with Gasteiger partial charge in [-0.25, -0.2) is 4.39 Å². The van der Waals surface area contributed by atoms with E-state index in [-0.39, 0.29) is 40.3 Å². The number of H-pyrrole nitrogens is 1. The first-order valence-electron chi connectivity index (χ1n) is 9.92. The average Bonchev–Trinajstić information content (AvgIpc) is 3.45. The molecule has 4 aliphatic rings. The number of fused-ring (bicyclic) bond motifs is 9. The fraction of sp³-hybridized carbons (Fsp3) is 0.333. The molecular weight excluding hydrogens is 441 g/mol.